The van der Waals surface area contributed by atoms with Crippen molar-refractivity contribution < 1.29 is 4.79 Å². The first-order valence-electron chi connectivity index (χ1n) is 9.38. The van der Waals surface area contributed by atoms with Gasteiger partial charge in [-0.1, -0.05) is 32.1 Å². The molecule has 4 rings (SSSR count). The molecule has 0 atom stereocenters. The third kappa shape index (κ3) is 3.91. The Kier molecular flexibility index (Phi) is 4.89. The number of thiazole rings is 1. The van der Waals surface area contributed by atoms with Crippen molar-refractivity contribution in [3.8, 4) is 0 Å². The normalized spacial score (nSPS) is 15.1. The van der Waals surface area contributed by atoms with Crippen LogP contribution in [0, 0.1) is 5.41 Å². The molecule has 0 radical (unpaired) electrons. The molecule has 0 unspecified atom stereocenters. The molecule has 3 aromatic rings. The molecule has 0 saturated carbocycles. The highest BCUT2D eigenvalue weighted by atomic mass is 32.1. The minimum absolute atomic E-state index is 0.0348. The summed E-state index contributed by atoms with van der Waals surface area (Å²) in [4.78, 5) is 30.0. The quantitative estimate of drug-likeness (QED) is 0.731. The number of piperazine rings is 1. The molecule has 3 aromatic heterocycles. The van der Waals surface area contributed by atoms with Gasteiger partial charge in [0, 0.05) is 37.8 Å². The van der Waals surface area contributed by atoms with Crippen LogP contribution in [0.25, 0.3) is 10.2 Å². The molecule has 1 amide bonds. The van der Waals surface area contributed by atoms with Crippen molar-refractivity contribution in [3.05, 3.63) is 36.8 Å². The van der Waals surface area contributed by atoms with Crippen LogP contribution in [0.4, 0.5) is 16.6 Å². The minimum Gasteiger partial charge on any atom is -0.367 e. The van der Waals surface area contributed by atoms with E-state index in [-0.39, 0.29) is 5.91 Å². The lowest BCUT2D eigenvalue weighted by atomic mass is 9.96. The standard InChI is InChI=1S/C20H24N6OS/c1-20(2,3)18(27)24-17-5-4-14(12-22-17)25-8-10-26(11-9-25)19-23-15-13-21-7-6-16(15)28-19/h4-7,12-13H,8-11H2,1-3H3,(H,22,24,27). The molecule has 0 bridgehead atoms. The SMILES string of the molecule is CC(C)(C)C(=O)Nc1ccc(N2CCN(c3nc4cnccc4s3)CC2)cn1. The monoisotopic (exact) mass is 396 g/mol. The Labute approximate surface area is 168 Å². The summed E-state index contributed by atoms with van der Waals surface area (Å²) in [6.07, 6.45) is 5.46. The molecule has 8 heteroatoms. The first kappa shape index (κ1) is 18.6. The van der Waals surface area contributed by atoms with Crippen LogP contribution < -0.4 is 15.1 Å². The molecule has 0 aromatic carbocycles. The van der Waals surface area contributed by atoms with Crippen molar-refractivity contribution in [1.29, 1.82) is 0 Å². The molecule has 1 fully saturated rings. The number of rotatable bonds is 3. The smallest absolute Gasteiger partial charge is 0.230 e. The maximum atomic E-state index is 12.1. The maximum Gasteiger partial charge on any atom is 0.230 e. The molecule has 28 heavy (non-hydrogen) atoms. The van der Waals surface area contributed by atoms with E-state index in [1.807, 2.05) is 57.6 Å². The predicted molar refractivity (Wildman–Crippen MR) is 114 cm³/mol. The van der Waals surface area contributed by atoms with Crippen LogP contribution in [-0.2, 0) is 4.79 Å². The molecule has 1 saturated heterocycles. The Balaban J connectivity index is 1.37. The number of carbonyl (C=O) groups excluding carboxylic acids is 1. The minimum atomic E-state index is -0.437. The zero-order chi connectivity index (χ0) is 19.7. The van der Waals surface area contributed by atoms with E-state index in [0.717, 1.165) is 42.5 Å². The molecule has 0 aliphatic carbocycles. The van der Waals surface area contributed by atoms with Gasteiger partial charge in [0.15, 0.2) is 5.13 Å². The fourth-order valence-electron chi connectivity index (χ4n) is 3.01. The van der Waals surface area contributed by atoms with Crippen LogP contribution in [0.1, 0.15) is 20.8 Å². The van der Waals surface area contributed by atoms with Gasteiger partial charge in [-0.2, -0.15) is 0 Å². The number of carbonyl (C=O) groups is 1. The summed E-state index contributed by atoms with van der Waals surface area (Å²) in [5, 5.41) is 3.92. The molecular weight excluding hydrogens is 372 g/mol. The van der Waals surface area contributed by atoms with Gasteiger partial charge < -0.3 is 15.1 Å². The highest BCUT2D eigenvalue weighted by molar-refractivity contribution is 7.22. The fraction of sp³-hybridized carbons (Fsp3) is 0.400. The second-order valence-electron chi connectivity index (χ2n) is 7.92. The van der Waals surface area contributed by atoms with E-state index < -0.39 is 5.41 Å². The molecule has 1 aliphatic heterocycles. The molecule has 1 N–H and O–H groups in total. The van der Waals surface area contributed by atoms with E-state index >= 15 is 0 Å². The summed E-state index contributed by atoms with van der Waals surface area (Å²) in [6, 6.07) is 5.90. The van der Waals surface area contributed by atoms with Crippen molar-refractivity contribution in [1.82, 2.24) is 15.0 Å². The average Bonchev–Trinajstić information content (AvgIpc) is 3.12. The van der Waals surface area contributed by atoms with Gasteiger partial charge in [-0.15, -0.1) is 0 Å². The summed E-state index contributed by atoms with van der Waals surface area (Å²) in [5.41, 5.74) is 1.59. The molecule has 7 nitrogen and oxygen atoms in total. The Morgan fingerprint density at radius 2 is 1.82 bits per heavy atom. The number of aromatic nitrogens is 3. The first-order valence-corrected chi connectivity index (χ1v) is 10.2. The third-order valence-electron chi connectivity index (χ3n) is 4.76. The summed E-state index contributed by atoms with van der Waals surface area (Å²) >= 11 is 1.71. The van der Waals surface area contributed by atoms with Gasteiger partial charge in [0.25, 0.3) is 0 Å². The largest absolute Gasteiger partial charge is 0.367 e. The number of hydrogen-bond acceptors (Lipinski definition) is 7. The summed E-state index contributed by atoms with van der Waals surface area (Å²) in [5.74, 6) is 0.554. The van der Waals surface area contributed by atoms with Gasteiger partial charge in [-0.25, -0.2) is 9.97 Å². The zero-order valence-corrected chi connectivity index (χ0v) is 17.2. The fourth-order valence-corrected chi connectivity index (χ4v) is 3.99. The number of anilines is 3. The lowest BCUT2D eigenvalue weighted by Gasteiger charge is -2.35. The highest BCUT2D eigenvalue weighted by Gasteiger charge is 2.22. The van der Waals surface area contributed by atoms with Gasteiger partial charge in [-0.05, 0) is 18.2 Å². The number of hydrogen-bond donors (Lipinski definition) is 1. The number of nitrogens with one attached hydrogen (secondary N) is 1. The van der Waals surface area contributed by atoms with E-state index in [1.54, 1.807) is 11.3 Å². The molecule has 146 valence electrons. The number of pyridine rings is 2. The van der Waals surface area contributed by atoms with E-state index in [2.05, 4.69) is 25.1 Å². The van der Waals surface area contributed by atoms with Gasteiger partial charge >= 0.3 is 0 Å². The van der Waals surface area contributed by atoms with Crippen LogP contribution in [0.15, 0.2) is 36.8 Å². The van der Waals surface area contributed by atoms with E-state index in [9.17, 15) is 4.79 Å². The molecular formula is C20H24N6OS. The second-order valence-corrected chi connectivity index (χ2v) is 8.93. The van der Waals surface area contributed by atoms with Crippen molar-refractivity contribution in [2.75, 3.05) is 41.3 Å². The van der Waals surface area contributed by atoms with Gasteiger partial charge in [-0.3, -0.25) is 9.78 Å². The maximum absolute atomic E-state index is 12.1. The Bertz CT molecular complexity index is 937. The lowest BCUT2D eigenvalue weighted by Crippen LogP contribution is -2.46. The number of amides is 1. The predicted octanol–water partition coefficient (Wildman–Crippen LogP) is 3.40. The lowest BCUT2D eigenvalue weighted by molar-refractivity contribution is -0.123. The Morgan fingerprint density at radius 1 is 1.07 bits per heavy atom. The second kappa shape index (κ2) is 7.35. The molecule has 1 aliphatic rings. The van der Waals surface area contributed by atoms with Crippen LogP contribution >= 0.6 is 11.3 Å². The highest BCUT2D eigenvalue weighted by Crippen LogP contribution is 2.29. The van der Waals surface area contributed by atoms with Crippen molar-refractivity contribution >= 4 is 44.1 Å². The van der Waals surface area contributed by atoms with Gasteiger partial charge in [0.1, 0.15) is 11.3 Å². The van der Waals surface area contributed by atoms with E-state index in [0.29, 0.717) is 5.82 Å². The van der Waals surface area contributed by atoms with Crippen molar-refractivity contribution in [3.63, 3.8) is 0 Å². The number of nitrogens with zero attached hydrogens (tertiary/aromatic N) is 5. The first-order chi connectivity index (χ1) is 13.4. The van der Waals surface area contributed by atoms with Crippen molar-refractivity contribution in [2.45, 2.75) is 20.8 Å². The number of fused-ring (bicyclic) bond motifs is 1. The summed E-state index contributed by atoms with van der Waals surface area (Å²) in [7, 11) is 0. The molecule has 0 spiro atoms. The van der Waals surface area contributed by atoms with Gasteiger partial charge in [0.05, 0.1) is 22.8 Å². The van der Waals surface area contributed by atoms with E-state index in [4.69, 9.17) is 4.98 Å². The van der Waals surface area contributed by atoms with Crippen LogP contribution in [0.3, 0.4) is 0 Å². The van der Waals surface area contributed by atoms with Crippen LogP contribution in [-0.4, -0.2) is 47.0 Å². The molecule has 4 heterocycles. The average molecular weight is 397 g/mol. The van der Waals surface area contributed by atoms with Gasteiger partial charge in [0.2, 0.25) is 5.91 Å². The topological polar surface area (TPSA) is 74.2 Å². The van der Waals surface area contributed by atoms with Crippen LogP contribution in [0.5, 0.6) is 0 Å². The summed E-state index contributed by atoms with van der Waals surface area (Å²) in [6.45, 7) is 9.30. The van der Waals surface area contributed by atoms with E-state index in [1.165, 1.54) is 4.70 Å². The Morgan fingerprint density at radius 3 is 2.46 bits per heavy atom. The Hall–Kier alpha value is -2.74. The summed E-state index contributed by atoms with van der Waals surface area (Å²) < 4.78 is 1.17. The third-order valence-corrected chi connectivity index (χ3v) is 5.86. The van der Waals surface area contributed by atoms with Crippen molar-refractivity contribution in [2.24, 2.45) is 5.41 Å². The van der Waals surface area contributed by atoms with Crippen LogP contribution in [0.2, 0.25) is 0 Å². The zero-order valence-electron chi connectivity index (χ0n) is 16.3.